The summed E-state index contributed by atoms with van der Waals surface area (Å²) in [5, 5.41) is 1.21. The first-order chi connectivity index (χ1) is 8.47. The molecule has 0 atom stereocenters. The SMILES string of the molecule is COc1ccc(OC)c2cc(S(=O)(=O)[O-])ccc12.[Li+]. The van der Waals surface area contributed by atoms with E-state index < -0.39 is 10.1 Å². The molecule has 0 fully saturated rings. The summed E-state index contributed by atoms with van der Waals surface area (Å²) in [6, 6.07) is 7.45. The number of methoxy groups -OCH3 is 2. The first-order valence-corrected chi connectivity index (χ1v) is 6.49. The van der Waals surface area contributed by atoms with Crippen LogP contribution in [0.25, 0.3) is 10.8 Å². The summed E-state index contributed by atoms with van der Waals surface area (Å²) < 4.78 is 43.3. The van der Waals surface area contributed by atoms with Crippen LogP contribution in [0.1, 0.15) is 0 Å². The van der Waals surface area contributed by atoms with Crippen molar-refractivity contribution in [1.82, 2.24) is 0 Å². The third-order valence-corrected chi connectivity index (χ3v) is 3.47. The Hall–Kier alpha value is -1.19. The molecule has 0 heterocycles. The van der Waals surface area contributed by atoms with E-state index in [0.717, 1.165) is 0 Å². The molecule has 0 amide bonds. The average Bonchev–Trinajstić information content (AvgIpc) is 2.35. The van der Waals surface area contributed by atoms with Gasteiger partial charge in [0.2, 0.25) is 0 Å². The molecule has 2 aromatic carbocycles. The third kappa shape index (κ3) is 3.04. The fourth-order valence-corrected chi connectivity index (χ4v) is 2.28. The Morgan fingerprint density at radius 3 is 1.95 bits per heavy atom. The molecular weight excluding hydrogens is 263 g/mol. The molecule has 19 heavy (non-hydrogen) atoms. The van der Waals surface area contributed by atoms with Crippen molar-refractivity contribution in [2.45, 2.75) is 4.90 Å². The summed E-state index contributed by atoms with van der Waals surface area (Å²) in [6.07, 6.45) is 0. The molecule has 0 N–H and O–H groups in total. The Labute approximate surface area is 123 Å². The number of ether oxygens (including phenoxy) is 2. The van der Waals surface area contributed by atoms with Gasteiger partial charge in [-0.1, -0.05) is 0 Å². The van der Waals surface area contributed by atoms with Crippen LogP contribution in [-0.4, -0.2) is 27.2 Å². The molecule has 0 unspecified atom stereocenters. The molecule has 96 valence electrons. The summed E-state index contributed by atoms with van der Waals surface area (Å²) in [7, 11) is -1.50. The van der Waals surface area contributed by atoms with Gasteiger partial charge in [-0.25, -0.2) is 8.42 Å². The van der Waals surface area contributed by atoms with Gasteiger partial charge in [0.05, 0.1) is 19.1 Å². The van der Waals surface area contributed by atoms with Gasteiger partial charge in [0.25, 0.3) is 0 Å². The van der Waals surface area contributed by atoms with E-state index >= 15 is 0 Å². The van der Waals surface area contributed by atoms with E-state index in [-0.39, 0.29) is 23.8 Å². The Morgan fingerprint density at radius 1 is 0.947 bits per heavy atom. The molecule has 0 aromatic heterocycles. The zero-order valence-corrected chi connectivity index (χ0v) is 11.7. The van der Waals surface area contributed by atoms with Crippen LogP contribution in [0.15, 0.2) is 35.2 Å². The molecule has 0 aliphatic carbocycles. The fourth-order valence-electron chi connectivity index (χ4n) is 1.78. The van der Waals surface area contributed by atoms with Gasteiger partial charge in [-0.2, -0.15) is 0 Å². The molecule has 0 saturated heterocycles. The van der Waals surface area contributed by atoms with Gasteiger partial charge < -0.3 is 14.0 Å². The number of rotatable bonds is 3. The number of fused-ring (bicyclic) bond motifs is 1. The number of benzene rings is 2. The minimum Gasteiger partial charge on any atom is -0.744 e. The summed E-state index contributed by atoms with van der Waals surface area (Å²) in [6.45, 7) is 0. The molecule has 0 spiro atoms. The predicted molar refractivity (Wildman–Crippen MR) is 65.0 cm³/mol. The standard InChI is InChI=1S/C12H12O5S.Li/c1-16-11-5-6-12(17-2)10-7-8(18(13,14)15)3-4-9(10)11;/h3-7H,1-2H3,(H,13,14,15);/q;+1/p-1. The van der Waals surface area contributed by atoms with E-state index in [1.807, 2.05) is 0 Å². The third-order valence-electron chi connectivity index (χ3n) is 2.64. The summed E-state index contributed by atoms with van der Waals surface area (Å²) in [5.74, 6) is 1.07. The van der Waals surface area contributed by atoms with E-state index in [0.29, 0.717) is 22.3 Å². The van der Waals surface area contributed by atoms with Crippen LogP contribution < -0.4 is 28.3 Å². The Bertz CT molecular complexity index is 697. The van der Waals surface area contributed by atoms with E-state index in [1.165, 1.54) is 32.4 Å². The van der Waals surface area contributed by atoms with Gasteiger partial charge in [-0.05, 0) is 30.3 Å². The van der Waals surface area contributed by atoms with Crippen molar-refractivity contribution in [3.05, 3.63) is 30.3 Å². The van der Waals surface area contributed by atoms with Gasteiger partial charge in [0.1, 0.15) is 21.6 Å². The molecule has 0 saturated carbocycles. The number of hydrogen-bond acceptors (Lipinski definition) is 5. The maximum Gasteiger partial charge on any atom is 1.00 e. The maximum atomic E-state index is 11.0. The molecule has 0 radical (unpaired) electrons. The average molecular weight is 274 g/mol. The summed E-state index contributed by atoms with van der Waals surface area (Å²) in [4.78, 5) is -0.290. The smallest absolute Gasteiger partial charge is 0.744 e. The van der Waals surface area contributed by atoms with Crippen LogP contribution >= 0.6 is 0 Å². The zero-order valence-electron chi connectivity index (χ0n) is 10.8. The molecule has 0 aliphatic rings. The van der Waals surface area contributed by atoms with Crippen molar-refractivity contribution in [1.29, 1.82) is 0 Å². The second-order valence-electron chi connectivity index (χ2n) is 3.63. The fraction of sp³-hybridized carbons (Fsp3) is 0.167. The predicted octanol–water partition coefficient (Wildman–Crippen LogP) is -1.23. The van der Waals surface area contributed by atoms with E-state index in [9.17, 15) is 13.0 Å². The molecule has 2 rings (SSSR count). The van der Waals surface area contributed by atoms with Gasteiger partial charge >= 0.3 is 18.9 Å². The maximum absolute atomic E-state index is 11.0. The van der Waals surface area contributed by atoms with E-state index in [1.54, 1.807) is 12.1 Å². The topological polar surface area (TPSA) is 75.7 Å². The molecule has 0 bridgehead atoms. The van der Waals surface area contributed by atoms with Gasteiger partial charge in [-0.15, -0.1) is 0 Å². The van der Waals surface area contributed by atoms with Crippen molar-refractivity contribution in [2.24, 2.45) is 0 Å². The Balaban J connectivity index is 0.00000180. The summed E-state index contributed by atoms with van der Waals surface area (Å²) in [5.41, 5.74) is 0. The van der Waals surface area contributed by atoms with E-state index in [4.69, 9.17) is 9.47 Å². The van der Waals surface area contributed by atoms with Crippen molar-refractivity contribution < 1.29 is 41.3 Å². The second-order valence-corrected chi connectivity index (χ2v) is 5.01. The van der Waals surface area contributed by atoms with Crippen LogP contribution in [0, 0.1) is 0 Å². The molecule has 2 aromatic rings. The van der Waals surface area contributed by atoms with Gasteiger partial charge in [-0.3, -0.25) is 0 Å². The van der Waals surface area contributed by atoms with Crippen LogP contribution in [0.4, 0.5) is 0 Å². The van der Waals surface area contributed by atoms with Crippen LogP contribution in [-0.2, 0) is 10.1 Å². The molecule has 0 aliphatic heterocycles. The first-order valence-electron chi connectivity index (χ1n) is 5.08. The second kappa shape index (κ2) is 5.84. The minimum absolute atomic E-state index is 0. The van der Waals surface area contributed by atoms with E-state index in [2.05, 4.69) is 0 Å². The Kier molecular flexibility index (Phi) is 4.88. The summed E-state index contributed by atoms with van der Waals surface area (Å²) >= 11 is 0. The molecule has 7 heteroatoms. The van der Waals surface area contributed by atoms with Crippen molar-refractivity contribution >= 4 is 20.9 Å². The quantitative estimate of drug-likeness (QED) is 0.517. The minimum atomic E-state index is -4.49. The molecule has 5 nitrogen and oxygen atoms in total. The number of hydrogen-bond donors (Lipinski definition) is 0. The van der Waals surface area contributed by atoms with Gasteiger partial charge in [0.15, 0.2) is 0 Å². The largest absolute Gasteiger partial charge is 1.00 e. The first kappa shape index (κ1) is 15.9. The molecular formula is C12H11LiO5S. The van der Waals surface area contributed by atoms with Crippen LogP contribution in [0.5, 0.6) is 11.5 Å². The zero-order chi connectivity index (χ0) is 13.3. The van der Waals surface area contributed by atoms with Crippen LogP contribution in [0.3, 0.4) is 0 Å². The van der Waals surface area contributed by atoms with Gasteiger partial charge in [0, 0.05) is 10.8 Å². The normalized spacial score (nSPS) is 10.9. The monoisotopic (exact) mass is 274 g/mol. The van der Waals surface area contributed by atoms with Crippen molar-refractivity contribution in [3.8, 4) is 11.5 Å². The van der Waals surface area contributed by atoms with Crippen LogP contribution in [0.2, 0.25) is 0 Å². The van der Waals surface area contributed by atoms with Crippen molar-refractivity contribution in [3.63, 3.8) is 0 Å². The van der Waals surface area contributed by atoms with Crippen molar-refractivity contribution in [2.75, 3.05) is 14.2 Å². The Morgan fingerprint density at radius 2 is 1.47 bits per heavy atom.